The molecule has 0 bridgehead atoms. The smallest absolute Gasteiger partial charge is 0.305 e. The zero-order valence-electron chi connectivity index (χ0n) is 32.5. The second-order valence-corrected chi connectivity index (χ2v) is 15.3. The first-order valence-corrected chi connectivity index (χ1v) is 19.6. The zero-order valence-corrected chi connectivity index (χ0v) is 34.0. The van der Waals surface area contributed by atoms with Crippen LogP contribution in [0.25, 0.3) is 0 Å². The molecule has 0 saturated heterocycles. The number of carbonyl (C=O) groups excluding carboxylic acids is 2. The molecule has 7 nitrogen and oxygen atoms in total. The minimum Gasteiger partial charge on any atom is -1.00 e. The van der Waals surface area contributed by atoms with Crippen LogP contribution in [0.3, 0.4) is 0 Å². The molecule has 0 aliphatic carbocycles. The van der Waals surface area contributed by atoms with Crippen molar-refractivity contribution >= 4 is 11.9 Å². The molecular formula is C39H80Cl2N2O5. The van der Waals surface area contributed by atoms with Crippen molar-refractivity contribution in [2.75, 3.05) is 67.6 Å². The number of hydrogen-bond donors (Lipinski definition) is 1. The number of nitrogens with zero attached hydrogens (tertiary/aromatic N) is 2. The number of unbranched alkanes of at least 4 members (excludes halogenated alkanes) is 20. The number of quaternary nitrogens is 2. The van der Waals surface area contributed by atoms with Gasteiger partial charge in [-0.15, -0.1) is 0 Å². The molecule has 0 radical (unpaired) electrons. The Morgan fingerprint density at radius 1 is 0.479 bits per heavy atom. The third kappa shape index (κ3) is 36.7. The maximum Gasteiger partial charge on any atom is 0.305 e. The summed E-state index contributed by atoms with van der Waals surface area (Å²) >= 11 is 0. The van der Waals surface area contributed by atoms with Gasteiger partial charge in [0.15, 0.2) is 6.10 Å². The van der Waals surface area contributed by atoms with Crippen molar-refractivity contribution in [1.82, 2.24) is 0 Å². The third-order valence-electron chi connectivity index (χ3n) is 9.30. The molecule has 0 spiro atoms. The minimum atomic E-state index is -0.496. The first-order chi connectivity index (χ1) is 22.0. The predicted octanol–water partition coefficient (Wildman–Crippen LogP) is 3.00. The number of esters is 2. The van der Waals surface area contributed by atoms with Crippen LogP contribution in [-0.2, 0) is 19.1 Å². The first-order valence-electron chi connectivity index (χ1n) is 19.6. The molecule has 0 aromatic rings. The Morgan fingerprint density at radius 3 is 1.00 bits per heavy atom. The Morgan fingerprint density at radius 2 is 0.729 bits per heavy atom. The lowest BCUT2D eigenvalue weighted by Crippen LogP contribution is -3.00. The highest BCUT2D eigenvalue weighted by Gasteiger charge is 2.27. The highest BCUT2D eigenvalue weighted by atomic mass is 35.5. The third-order valence-corrected chi connectivity index (χ3v) is 9.30. The molecule has 0 saturated carbocycles. The SMILES string of the molecule is CCCCCCCCCCCCCCCC(=O)OCC[N+](C)(C)CC(O)C[N+](C)(C)CCOC(=O)CCCCCCCCCCC.[Cl-].[Cl-]. The van der Waals surface area contributed by atoms with E-state index in [0.29, 0.717) is 61.2 Å². The maximum absolute atomic E-state index is 12.2. The summed E-state index contributed by atoms with van der Waals surface area (Å²) in [5, 5.41) is 10.8. The van der Waals surface area contributed by atoms with Gasteiger partial charge in [-0.3, -0.25) is 9.59 Å². The number of rotatable bonds is 34. The summed E-state index contributed by atoms with van der Waals surface area (Å²) in [4.78, 5) is 24.4. The number of carbonyl (C=O) groups is 2. The fraction of sp³-hybridized carbons (Fsp3) is 0.949. The highest BCUT2D eigenvalue weighted by Crippen LogP contribution is 2.14. The molecule has 0 aliphatic heterocycles. The predicted molar refractivity (Wildman–Crippen MR) is 194 cm³/mol. The van der Waals surface area contributed by atoms with Crippen molar-refractivity contribution in [3.05, 3.63) is 0 Å². The number of ether oxygens (including phenoxy) is 2. The second kappa shape index (κ2) is 34.8. The van der Waals surface area contributed by atoms with Crippen molar-refractivity contribution in [3.8, 4) is 0 Å². The summed E-state index contributed by atoms with van der Waals surface area (Å²) in [7, 11) is 8.27. The van der Waals surface area contributed by atoms with Crippen molar-refractivity contribution in [1.29, 1.82) is 0 Å². The number of aliphatic hydroxyl groups excluding tert-OH is 1. The summed E-state index contributed by atoms with van der Waals surface area (Å²) in [5.74, 6) is -0.210. The molecule has 1 N–H and O–H groups in total. The fourth-order valence-corrected chi connectivity index (χ4v) is 6.21. The van der Waals surface area contributed by atoms with Crippen molar-refractivity contribution in [2.24, 2.45) is 0 Å². The second-order valence-electron chi connectivity index (χ2n) is 15.3. The topological polar surface area (TPSA) is 72.8 Å². The van der Waals surface area contributed by atoms with Crippen LogP contribution in [-0.4, -0.2) is 99.7 Å². The van der Waals surface area contributed by atoms with Crippen LogP contribution in [0.5, 0.6) is 0 Å². The summed E-state index contributed by atoms with van der Waals surface area (Å²) < 4.78 is 12.2. The standard InChI is InChI=1S/C39H80N2O5.2ClH/c1-7-9-11-13-15-17-18-19-20-22-24-26-28-30-39(44)46-34-32-41(5,6)36-37(42)35-40(3,4)31-33-45-38(43)29-27-25-23-21-16-14-12-10-8-2;;/h37,42H,7-36H2,1-6H3;2*1H/q+2;;/p-2. The molecule has 1 atom stereocenters. The number of aliphatic hydroxyl groups is 1. The van der Waals surface area contributed by atoms with E-state index in [-0.39, 0.29) is 36.8 Å². The quantitative estimate of drug-likeness (QED) is 0.0628. The molecule has 0 aliphatic rings. The maximum atomic E-state index is 12.2. The monoisotopic (exact) mass is 727 g/mol. The summed E-state index contributed by atoms with van der Waals surface area (Å²) in [5.41, 5.74) is 0. The van der Waals surface area contributed by atoms with Crippen LogP contribution in [0, 0.1) is 0 Å². The zero-order chi connectivity index (χ0) is 34.4. The average Bonchev–Trinajstić information content (AvgIpc) is 2.97. The van der Waals surface area contributed by atoms with Gasteiger partial charge in [0, 0.05) is 12.8 Å². The summed E-state index contributed by atoms with van der Waals surface area (Å²) in [6.07, 6.45) is 28.5. The molecule has 290 valence electrons. The van der Waals surface area contributed by atoms with E-state index in [1.165, 1.54) is 116 Å². The lowest BCUT2D eigenvalue weighted by molar-refractivity contribution is -0.914. The van der Waals surface area contributed by atoms with Gasteiger partial charge in [0.2, 0.25) is 0 Å². The van der Waals surface area contributed by atoms with E-state index in [2.05, 4.69) is 42.0 Å². The number of hydrogen-bond acceptors (Lipinski definition) is 5. The molecule has 0 aromatic carbocycles. The average molecular weight is 728 g/mol. The van der Waals surface area contributed by atoms with Gasteiger partial charge >= 0.3 is 11.9 Å². The Bertz CT molecular complexity index is 724. The van der Waals surface area contributed by atoms with Gasteiger partial charge in [0.05, 0.1) is 28.2 Å². The van der Waals surface area contributed by atoms with Crippen LogP contribution in [0.2, 0.25) is 0 Å². The van der Waals surface area contributed by atoms with Crippen molar-refractivity contribution in [3.63, 3.8) is 0 Å². The molecular weight excluding hydrogens is 647 g/mol. The molecule has 0 fully saturated rings. The van der Waals surface area contributed by atoms with Gasteiger partial charge in [0.25, 0.3) is 0 Å². The number of likely N-dealkylation sites (N-methyl/N-ethyl adjacent to an activating group) is 2. The van der Waals surface area contributed by atoms with Crippen molar-refractivity contribution < 1.29 is 57.9 Å². The van der Waals surface area contributed by atoms with E-state index in [1.54, 1.807) is 0 Å². The van der Waals surface area contributed by atoms with E-state index in [0.717, 1.165) is 25.7 Å². The van der Waals surface area contributed by atoms with Crippen LogP contribution >= 0.6 is 0 Å². The molecule has 0 heterocycles. The lowest BCUT2D eigenvalue weighted by atomic mass is 10.0. The van der Waals surface area contributed by atoms with E-state index in [9.17, 15) is 14.7 Å². The minimum absolute atomic E-state index is 0. The summed E-state index contributed by atoms with van der Waals surface area (Å²) in [6, 6.07) is 0. The molecule has 48 heavy (non-hydrogen) atoms. The van der Waals surface area contributed by atoms with E-state index in [1.807, 2.05) is 0 Å². The Kier molecular flexibility index (Phi) is 37.6. The van der Waals surface area contributed by atoms with E-state index in [4.69, 9.17) is 9.47 Å². The van der Waals surface area contributed by atoms with Crippen molar-refractivity contribution in [2.45, 2.75) is 174 Å². The number of halogens is 2. The fourth-order valence-electron chi connectivity index (χ4n) is 6.21. The van der Waals surface area contributed by atoms with Gasteiger partial charge in [0.1, 0.15) is 39.4 Å². The first kappa shape index (κ1) is 51.8. The van der Waals surface area contributed by atoms with Gasteiger partial charge < -0.3 is 48.4 Å². The molecule has 0 rings (SSSR count). The normalized spacial score (nSPS) is 12.2. The van der Waals surface area contributed by atoms with E-state index >= 15 is 0 Å². The Labute approximate surface area is 310 Å². The van der Waals surface area contributed by atoms with Gasteiger partial charge in [-0.2, -0.15) is 0 Å². The van der Waals surface area contributed by atoms with E-state index < -0.39 is 6.10 Å². The Balaban J connectivity index is -0.0000101. The lowest BCUT2D eigenvalue weighted by Gasteiger charge is -2.35. The highest BCUT2D eigenvalue weighted by molar-refractivity contribution is 5.69. The van der Waals surface area contributed by atoms with Crippen LogP contribution in [0.15, 0.2) is 0 Å². The largest absolute Gasteiger partial charge is 1.00 e. The Hall–Kier alpha value is -0.600. The van der Waals surface area contributed by atoms with Gasteiger partial charge in [-0.25, -0.2) is 0 Å². The van der Waals surface area contributed by atoms with Gasteiger partial charge in [-0.1, -0.05) is 142 Å². The molecule has 0 aromatic heterocycles. The summed E-state index contributed by atoms with van der Waals surface area (Å²) in [6.45, 7) is 7.77. The molecule has 9 heteroatoms. The molecule has 1 unspecified atom stereocenters. The van der Waals surface area contributed by atoms with Gasteiger partial charge in [-0.05, 0) is 12.8 Å². The molecule has 0 amide bonds. The van der Waals surface area contributed by atoms with Crippen LogP contribution in [0.4, 0.5) is 0 Å². The van der Waals surface area contributed by atoms with Crippen LogP contribution < -0.4 is 24.8 Å². The van der Waals surface area contributed by atoms with Crippen LogP contribution in [0.1, 0.15) is 168 Å².